The first kappa shape index (κ1) is 15.3. The van der Waals surface area contributed by atoms with Gasteiger partial charge in [-0.1, -0.05) is 12.8 Å². The van der Waals surface area contributed by atoms with Gasteiger partial charge in [0.15, 0.2) is 0 Å². The van der Waals surface area contributed by atoms with Crippen LogP contribution in [-0.2, 0) is 10.0 Å². The molecule has 2 rings (SSSR count). The van der Waals surface area contributed by atoms with Gasteiger partial charge in [-0.3, -0.25) is 0 Å². The lowest BCUT2D eigenvalue weighted by Gasteiger charge is -2.28. The normalized spacial score (nSPS) is 18.6. The molecule has 1 aliphatic rings. The Labute approximate surface area is 117 Å². The third-order valence-electron chi connectivity index (χ3n) is 3.63. The van der Waals surface area contributed by atoms with E-state index >= 15 is 0 Å². The molecular weight excluding hydrogens is 288 g/mol. The van der Waals surface area contributed by atoms with Crippen molar-refractivity contribution in [3.8, 4) is 0 Å². The summed E-state index contributed by atoms with van der Waals surface area (Å²) < 4.78 is 51.9. The van der Waals surface area contributed by atoms with Crippen molar-refractivity contribution < 1.29 is 22.3 Å². The highest BCUT2D eigenvalue weighted by Crippen LogP contribution is 2.31. The van der Waals surface area contributed by atoms with Gasteiger partial charge in [-0.15, -0.1) is 0 Å². The zero-order chi connectivity index (χ0) is 15.0. The molecule has 1 saturated carbocycles. The van der Waals surface area contributed by atoms with Crippen LogP contribution in [0.5, 0.6) is 0 Å². The standard InChI is InChI=1S/C13H17F2NO3S/c1-16(9-13(17)6-2-3-7-13)20(18,19)12-5-4-10(14)8-11(12)15/h4-5,8,17H,2-3,6-7,9H2,1H3. The zero-order valence-electron chi connectivity index (χ0n) is 11.1. The third-order valence-corrected chi connectivity index (χ3v) is 5.47. The van der Waals surface area contributed by atoms with Crippen LogP contribution >= 0.6 is 0 Å². The Morgan fingerprint density at radius 2 is 1.90 bits per heavy atom. The molecule has 7 heteroatoms. The summed E-state index contributed by atoms with van der Waals surface area (Å²) in [5.74, 6) is -1.96. The number of likely N-dealkylation sites (N-methyl/N-ethyl adjacent to an activating group) is 1. The lowest BCUT2D eigenvalue weighted by atomic mass is 10.0. The minimum atomic E-state index is -4.08. The average Bonchev–Trinajstić information content (AvgIpc) is 2.75. The molecule has 0 radical (unpaired) electrons. The van der Waals surface area contributed by atoms with Crippen LogP contribution in [-0.4, -0.2) is 37.0 Å². The number of hydrogen-bond donors (Lipinski definition) is 1. The van der Waals surface area contributed by atoms with E-state index in [1.165, 1.54) is 7.05 Å². The average molecular weight is 305 g/mol. The van der Waals surface area contributed by atoms with Gasteiger partial charge in [0.1, 0.15) is 16.5 Å². The lowest BCUT2D eigenvalue weighted by Crippen LogP contribution is -2.42. The molecule has 0 aliphatic heterocycles. The van der Waals surface area contributed by atoms with Gasteiger partial charge >= 0.3 is 0 Å². The molecular formula is C13H17F2NO3S. The molecule has 0 atom stereocenters. The van der Waals surface area contributed by atoms with E-state index in [1.807, 2.05) is 0 Å². The molecule has 0 aromatic heterocycles. The Balaban J connectivity index is 2.25. The van der Waals surface area contributed by atoms with E-state index in [1.54, 1.807) is 0 Å². The number of halogens is 2. The molecule has 0 amide bonds. The van der Waals surface area contributed by atoms with Crippen molar-refractivity contribution in [1.29, 1.82) is 0 Å². The monoisotopic (exact) mass is 305 g/mol. The van der Waals surface area contributed by atoms with Crippen LogP contribution in [0.2, 0.25) is 0 Å². The van der Waals surface area contributed by atoms with E-state index in [2.05, 4.69) is 0 Å². The highest BCUT2D eigenvalue weighted by atomic mass is 32.2. The molecule has 1 aromatic carbocycles. The molecule has 1 N–H and O–H groups in total. The molecule has 0 spiro atoms. The second kappa shape index (κ2) is 5.38. The van der Waals surface area contributed by atoms with Crippen LogP contribution in [0.25, 0.3) is 0 Å². The highest BCUT2D eigenvalue weighted by molar-refractivity contribution is 7.89. The minimum absolute atomic E-state index is 0.0911. The fourth-order valence-electron chi connectivity index (χ4n) is 2.54. The van der Waals surface area contributed by atoms with Gasteiger partial charge in [0.25, 0.3) is 0 Å². The number of sulfonamides is 1. The van der Waals surface area contributed by atoms with Crippen LogP contribution in [0.1, 0.15) is 25.7 Å². The molecule has 20 heavy (non-hydrogen) atoms. The number of rotatable bonds is 4. The predicted molar refractivity (Wildman–Crippen MR) is 69.6 cm³/mol. The Bertz CT molecular complexity index is 598. The van der Waals surface area contributed by atoms with Crippen molar-refractivity contribution in [1.82, 2.24) is 4.31 Å². The maximum absolute atomic E-state index is 13.6. The van der Waals surface area contributed by atoms with Crippen LogP contribution in [0.4, 0.5) is 8.78 Å². The smallest absolute Gasteiger partial charge is 0.245 e. The summed E-state index contributed by atoms with van der Waals surface area (Å²) in [5.41, 5.74) is -1.06. The van der Waals surface area contributed by atoms with Gasteiger partial charge in [-0.2, -0.15) is 4.31 Å². The summed E-state index contributed by atoms with van der Waals surface area (Å²) in [4.78, 5) is -0.581. The summed E-state index contributed by atoms with van der Waals surface area (Å²) in [6.45, 7) is -0.0911. The van der Waals surface area contributed by atoms with Crippen LogP contribution in [0, 0.1) is 11.6 Å². The predicted octanol–water partition coefficient (Wildman–Crippen LogP) is 1.89. The van der Waals surface area contributed by atoms with Crippen molar-refractivity contribution >= 4 is 10.0 Å². The number of hydrogen-bond acceptors (Lipinski definition) is 3. The first-order valence-corrected chi connectivity index (χ1v) is 7.82. The number of nitrogens with zero attached hydrogens (tertiary/aromatic N) is 1. The number of benzene rings is 1. The van der Waals surface area contributed by atoms with Crippen LogP contribution < -0.4 is 0 Å². The first-order chi connectivity index (χ1) is 9.24. The van der Waals surface area contributed by atoms with E-state index < -0.39 is 32.2 Å². The molecule has 1 fully saturated rings. The second-order valence-corrected chi connectivity index (χ2v) is 7.28. The molecule has 112 valence electrons. The molecule has 0 heterocycles. The maximum atomic E-state index is 13.6. The largest absolute Gasteiger partial charge is 0.389 e. The Morgan fingerprint density at radius 1 is 1.30 bits per heavy atom. The minimum Gasteiger partial charge on any atom is -0.389 e. The van der Waals surface area contributed by atoms with Crippen LogP contribution in [0.3, 0.4) is 0 Å². The molecule has 4 nitrogen and oxygen atoms in total. The number of aliphatic hydroxyl groups is 1. The quantitative estimate of drug-likeness (QED) is 0.924. The van der Waals surface area contributed by atoms with Crippen molar-refractivity contribution in [2.75, 3.05) is 13.6 Å². The molecule has 1 aromatic rings. The summed E-state index contributed by atoms with van der Waals surface area (Å²) in [7, 11) is -2.79. The topological polar surface area (TPSA) is 57.6 Å². The fourth-order valence-corrected chi connectivity index (χ4v) is 3.83. The van der Waals surface area contributed by atoms with E-state index in [4.69, 9.17) is 0 Å². The van der Waals surface area contributed by atoms with E-state index in [-0.39, 0.29) is 6.54 Å². The van der Waals surface area contributed by atoms with Crippen molar-refractivity contribution in [2.45, 2.75) is 36.2 Å². The molecule has 0 saturated heterocycles. The zero-order valence-corrected chi connectivity index (χ0v) is 12.0. The van der Waals surface area contributed by atoms with Gasteiger partial charge in [-0.05, 0) is 25.0 Å². The highest BCUT2D eigenvalue weighted by Gasteiger charge is 2.36. The molecule has 0 unspecified atom stereocenters. The summed E-state index contributed by atoms with van der Waals surface area (Å²) in [6.07, 6.45) is 2.74. The van der Waals surface area contributed by atoms with E-state index in [9.17, 15) is 22.3 Å². The Hall–Kier alpha value is -1.05. The van der Waals surface area contributed by atoms with Crippen molar-refractivity contribution in [3.63, 3.8) is 0 Å². The van der Waals surface area contributed by atoms with Crippen LogP contribution in [0.15, 0.2) is 23.1 Å². The maximum Gasteiger partial charge on any atom is 0.245 e. The van der Waals surface area contributed by atoms with E-state index in [0.29, 0.717) is 18.9 Å². The van der Waals surface area contributed by atoms with Gasteiger partial charge in [0, 0.05) is 19.7 Å². The lowest BCUT2D eigenvalue weighted by molar-refractivity contribution is 0.0333. The van der Waals surface area contributed by atoms with Gasteiger partial charge in [0.05, 0.1) is 5.60 Å². The molecule has 1 aliphatic carbocycles. The van der Waals surface area contributed by atoms with Gasteiger partial charge in [0.2, 0.25) is 10.0 Å². The van der Waals surface area contributed by atoms with Crippen molar-refractivity contribution in [2.24, 2.45) is 0 Å². The Kier molecular flexibility index (Phi) is 4.13. The Morgan fingerprint density at radius 3 is 2.45 bits per heavy atom. The fraction of sp³-hybridized carbons (Fsp3) is 0.538. The summed E-state index contributed by atoms with van der Waals surface area (Å²) in [5, 5.41) is 10.2. The van der Waals surface area contributed by atoms with Gasteiger partial charge < -0.3 is 5.11 Å². The second-order valence-electron chi connectivity index (χ2n) is 5.27. The summed E-state index contributed by atoms with van der Waals surface area (Å²) in [6, 6.07) is 2.33. The van der Waals surface area contributed by atoms with Gasteiger partial charge in [-0.25, -0.2) is 17.2 Å². The van der Waals surface area contributed by atoms with E-state index in [0.717, 1.165) is 29.3 Å². The summed E-state index contributed by atoms with van der Waals surface area (Å²) >= 11 is 0. The van der Waals surface area contributed by atoms with Crippen molar-refractivity contribution in [3.05, 3.63) is 29.8 Å². The first-order valence-electron chi connectivity index (χ1n) is 6.38. The molecule has 0 bridgehead atoms. The third kappa shape index (κ3) is 2.99. The SMILES string of the molecule is CN(CC1(O)CCCC1)S(=O)(=O)c1ccc(F)cc1F.